The van der Waals surface area contributed by atoms with Gasteiger partial charge in [0.1, 0.15) is 5.69 Å². The second-order valence-corrected chi connectivity index (χ2v) is 6.87. The van der Waals surface area contributed by atoms with E-state index < -0.39 is 29.0 Å². The molecule has 2 aromatic heterocycles. The fourth-order valence-electron chi connectivity index (χ4n) is 2.52. The highest BCUT2D eigenvalue weighted by atomic mass is 32.1. The Morgan fingerprint density at radius 3 is 2.41 bits per heavy atom. The Hall–Kier alpha value is -3.28. The first-order valence-electron chi connectivity index (χ1n) is 8.29. The number of halogens is 3. The van der Waals surface area contributed by atoms with Crippen molar-refractivity contribution < 1.29 is 22.8 Å². The highest BCUT2D eigenvalue weighted by Crippen LogP contribution is 2.33. The summed E-state index contributed by atoms with van der Waals surface area (Å²) in [6.07, 6.45) is -4.66. The van der Waals surface area contributed by atoms with Crippen molar-refractivity contribution >= 4 is 28.3 Å². The van der Waals surface area contributed by atoms with E-state index in [-0.39, 0.29) is 27.9 Å². The van der Waals surface area contributed by atoms with Gasteiger partial charge in [0.25, 0.3) is 11.8 Å². The molecule has 2 heterocycles. The standard InChI is InChI=1S/C17H15F3N6O2S/c1-9(10-6-4-3-5-7-10)26-12(8-11(25-26)13(27)21-2)14(28)22-16-24-23-15(29-16)17(18,19)20/h3-9H,1-2H3,(H,21,27)(H,22,24,28). The lowest BCUT2D eigenvalue weighted by molar-refractivity contribution is -0.138. The van der Waals surface area contributed by atoms with Gasteiger partial charge in [-0.3, -0.25) is 19.6 Å². The van der Waals surface area contributed by atoms with Crippen molar-refractivity contribution in [2.75, 3.05) is 12.4 Å². The number of alkyl halides is 3. The summed E-state index contributed by atoms with van der Waals surface area (Å²) in [5.74, 6) is -1.27. The molecule has 29 heavy (non-hydrogen) atoms. The number of carbonyl (C=O) groups excluding carboxylic acids is 2. The normalized spacial score (nSPS) is 12.4. The van der Waals surface area contributed by atoms with Crippen molar-refractivity contribution in [1.82, 2.24) is 25.3 Å². The second-order valence-electron chi connectivity index (χ2n) is 5.89. The van der Waals surface area contributed by atoms with Crippen LogP contribution in [-0.2, 0) is 6.18 Å². The lowest BCUT2D eigenvalue weighted by Crippen LogP contribution is -2.21. The topological polar surface area (TPSA) is 102 Å². The predicted octanol–water partition coefficient (Wildman–Crippen LogP) is 2.97. The Morgan fingerprint density at radius 1 is 1.14 bits per heavy atom. The first-order valence-corrected chi connectivity index (χ1v) is 9.11. The van der Waals surface area contributed by atoms with Gasteiger partial charge in [0.2, 0.25) is 10.1 Å². The van der Waals surface area contributed by atoms with E-state index in [1.807, 2.05) is 30.3 Å². The van der Waals surface area contributed by atoms with Crippen molar-refractivity contribution in [2.24, 2.45) is 0 Å². The van der Waals surface area contributed by atoms with Gasteiger partial charge in [-0.25, -0.2) is 0 Å². The third kappa shape index (κ3) is 4.42. The SMILES string of the molecule is CNC(=O)c1cc(C(=O)Nc2nnc(C(F)(F)F)s2)n(C(C)c2ccccc2)n1. The van der Waals surface area contributed by atoms with Crippen LogP contribution in [0.2, 0.25) is 0 Å². The third-order valence-electron chi connectivity index (χ3n) is 3.96. The minimum atomic E-state index is -4.66. The maximum absolute atomic E-state index is 12.7. The van der Waals surface area contributed by atoms with E-state index in [9.17, 15) is 22.8 Å². The molecule has 152 valence electrons. The molecule has 1 atom stereocenters. The van der Waals surface area contributed by atoms with Crippen LogP contribution in [-0.4, -0.2) is 38.8 Å². The van der Waals surface area contributed by atoms with Gasteiger partial charge in [-0.05, 0) is 12.5 Å². The molecule has 0 aliphatic heterocycles. The summed E-state index contributed by atoms with van der Waals surface area (Å²) in [6, 6.07) is 9.96. The van der Waals surface area contributed by atoms with E-state index >= 15 is 0 Å². The zero-order chi connectivity index (χ0) is 21.2. The molecule has 0 saturated carbocycles. The zero-order valence-electron chi connectivity index (χ0n) is 15.2. The van der Waals surface area contributed by atoms with Crippen LogP contribution >= 0.6 is 11.3 Å². The Kier molecular flexibility index (Phi) is 5.64. The van der Waals surface area contributed by atoms with Crippen LogP contribution in [0.3, 0.4) is 0 Å². The molecule has 2 amide bonds. The van der Waals surface area contributed by atoms with E-state index in [1.54, 1.807) is 6.92 Å². The lowest BCUT2D eigenvalue weighted by Gasteiger charge is -2.15. The first kappa shape index (κ1) is 20.5. The number of anilines is 1. The summed E-state index contributed by atoms with van der Waals surface area (Å²) in [5, 5.41) is 13.8. The highest BCUT2D eigenvalue weighted by Gasteiger charge is 2.36. The van der Waals surface area contributed by atoms with Gasteiger partial charge < -0.3 is 5.32 Å². The third-order valence-corrected chi connectivity index (χ3v) is 4.85. The van der Waals surface area contributed by atoms with Crippen molar-refractivity contribution in [3.63, 3.8) is 0 Å². The molecule has 0 radical (unpaired) electrons. The molecular formula is C17H15F3N6O2S. The predicted molar refractivity (Wildman–Crippen MR) is 98.7 cm³/mol. The number of benzene rings is 1. The van der Waals surface area contributed by atoms with E-state index in [4.69, 9.17) is 0 Å². The van der Waals surface area contributed by atoms with Crippen LogP contribution in [0.15, 0.2) is 36.4 Å². The molecular weight excluding hydrogens is 409 g/mol. The van der Waals surface area contributed by atoms with Crippen LogP contribution in [0.1, 0.15) is 44.5 Å². The van der Waals surface area contributed by atoms with Gasteiger partial charge in [-0.1, -0.05) is 41.7 Å². The van der Waals surface area contributed by atoms with Crippen LogP contribution in [0.5, 0.6) is 0 Å². The molecule has 0 bridgehead atoms. The van der Waals surface area contributed by atoms with Gasteiger partial charge in [-0.15, -0.1) is 10.2 Å². The molecule has 3 rings (SSSR count). The van der Waals surface area contributed by atoms with Crippen LogP contribution < -0.4 is 10.6 Å². The van der Waals surface area contributed by atoms with Crippen molar-refractivity contribution in [3.8, 4) is 0 Å². The van der Waals surface area contributed by atoms with Gasteiger partial charge in [0.05, 0.1) is 6.04 Å². The van der Waals surface area contributed by atoms with E-state index in [0.29, 0.717) is 0 Å². The Bertz CT molecular complexity index is 1030. The molecule has 12 heteroatoms. The first-order chi connectivity index (χ1) is 13.7. The number of nitrogens with one attached hydrogen (secondary N) is 2. The molecule has 0 aliphatic rings. The number of amides is 2. The van der Waals surface area contributed by atoms with Crippen LogP contribution in [0, 0.1) is 0 Å². The average molecular weight is 424 g/mol. The fraction of sp³-hybridized carbons (Fsp3) is 0.235. The molecule has 1 unspecified atom stereocenters. The second kappa shape index (κ2) is 7.99. The largest absolute Gasteiger partial charge is 0.445 e. The molecule has 1 aromatic carbocycles. The number of hydrogen-bond acceptors (Lipinski definition) is 6. The summed E-state index contributed by atoms with van der Waals surface area (Å²) in [4.78, 5) is 24.7. The Labute approximate surface area is 166 Å². The van der Waals surface area contributed by atoms with Gasteiger partial charge in [-0.2, -0.15) is 18.3 Å². The monoisotopic (exact) mass is 424 g/mol. The summed E-state index contributed by atoms with van der Waals surface area (Å²) in [6.45, 7) is 1.78. The van der Waals surface area contributed by atoms with Gasteiger partial charge in [0.15, 0.2) is 5.69 Å². The number of hydrogen-bond donors (Lipinski definition) is 2. The molecule has 0 spiro atoms. The highest BCUT2D eigenvalue weighted by molar-refractivity contribution is 7.15. The molecule has 0 fully saturated rings. The smallest absolute Gasteiger partial charge is 0.354 e. The number of carbonyl (C=O) groups is 2. The summed E-state index contributed by atoms with van der Waals surface area (Å²) < 4.78 is 39.4. The summed E-state index contributed by atoms with van der Waals surface area (Å²) >= 11 is 0.203. The summed E-state index contributed by atoms with van der Waals surface area (Å²) in [7, 11) is 1.42. The fourth-order valence-corrected chi connectivity index (χ4v) is 3.13. The van der Waals surface area contributed by atoms with Crippen molar-refractivity contribution in [2.45, 2.75) is 19.1 Å². The maximum atomic E-state index is 12.7. The molecule has 0 aliphatic carbocycles. The Balaban J connectivity index is 1.94. The molecule has 8 nitrogen and oxygen atoms in total. The van der Waals surface area contributed by atoms with Gasteiger partial charge >= 0.3 is 6.18 Å². The maximum Gasteiger partial charge on any atom is 0.445 e. The van der Waals surface area contributed by atoms with E-state index in [2.05, 4.69) is 25.9 Å². The number of nitrogens with zero attached hydrogens (tertiary/aromatic N) is 4. The quantitative estimate of drug-likeness (QED) is 0.656. The number of aromatic nitrogens is 4. The molecule has 2 N–H and O–H groups in total. The van der Waals surface area contributed by atoms with Crippen LogP contribution in [0.25, 0.3) is 0 Å². The zero-order valence-corrected chi connectivity index (χ0v) is 16.0. The van der Waals surface area contributed by atoms with E-state index in [1.165, 1.54) is 17.8 Å². The molecule has 3 aromatic rings. The summed E-state index contributed by atoms with van der Waals surface area (Å²) in [5.41, 5.74) is 0.806. The molecule has 0 saturated heterocycles. The lowest BCUT2D eigenvalue weighted by atomic mass is 10.1. The van der Waals surface area contributed by atoms with Crippen molar-refractivity contribution in [3.05, 3.63) is 58.4 Å². The Morgan fingerprint density at radius 2 is 1.83 bits per heavy atom. The van der Waals surface area contributed by atoms with Gasteiger partial charge in [0, 0.05) is 13.1 Å². The minimum Gasteiger partial charge on any atom is -0.354 e. The van der Waals surface area contributed by atoms with Crippen molar-refractivity contribution in [1.29, 1.82) is 0 Å². The van der Waals surface area contributed by atoms with Crippen LogP contribution in [0.4, 0.5) is 18.3 Å². The number of rotatable bonds is 5. The minimum absolute atomic E-state index is 0.00586. The van der Waals surface area contributed by atoms with E-state index in [0.717, 1.165) is 5.56 Å². The average Bonchev–Trinajstić information content (AvgIpc) is 3.34.